The summed E-state index contributed by atoms with van der Waals surface area (Å²) in [5, 5.41) is 7.54. The van der Waals surface area contributed by atoms with Crippen LogP contribution in [0.4, 0.5) is 0 Å². The predicted molar refractivity (Wildman–Crippen MR) is 115 cm³/mol. The minimum atomic E-state index is -0.541. The number of unbranched alkanes of at least 4 members (excludes halogenated alkanes) is 8. The summed E-state index contributed by atoms with van der Waals surface area (Å²) in [6.45, 7) is 1.95. The minimum Gasteiger partial charge on any atom is -0.387 e. The average Bonchev–Trinajstić information content (AvgIpc) is 3.29. The Balaban J connectivity index is 0.00000364. The van der Waals surface area contributed by atoms with Gasteiger partial charge >= 0.3 is 0 Å². The number of ketones is 1. The third kappa shape index (κ3) is 8.95. The summed E-state index contributed by atoms with van der Waals surface area (Å²) in [6.07, 6.45) is 18.9. The molecule has 0 bridgehead atoms. The van der Waals surface area contributed by atoms with Crippen LogP contribution in [-0.2, 0) is 9.53 Å². The topological polar surface area (TPSA) is 76.2 Å². The number of ether oxygens (including phenoxy) is 1. The number of hydrogen-bond acceptors (Lipinski definition) is 3. The smallest absolute Gasteiger partial charge is 0.146 e. The lowest BCUT2D eigenvalue weighted by Gasteiger charge is -2.11. The highest BCUT2D eigenvalue weighted by molar-refractivity contribution is 6.09. The first-order chi connectivity index (χ1) is 12.6. The minimum absolute atomic E-state index is 0. The van der Waals surface area contributed by atoms with Crippen molar-refractivity contribution in [1.82, 2.24) is 0 Å². The molecule has 158 valence electrons. The maximum absolute atomic E-state index is 12.1. The first-order valence-corrected chi connectivity index (χ1v) is 11.1. The third-order valence-electron chi connectivity index (χ3n) is 6.32. The lowest BCUT2D eigenvalue weighted by molar-refractivity contribution is -0.122. The van der Waals surface area contributed by atoms with Gasteiger partial charge in [-0.05, 0) is 44.4 Å². The SMILES string of the molecule is Cl.N=C(N)C1(C(=O)CCCCCCCCCCCOCC2CCCC2)CC1. The van der Waals surface area contributed by atoms with Crippen LogP contribution in [0.2, 0.25) is 0 Å². The van der Waals surface area contributed by atoms with Gasteiger partial charge in [-0.3, -0.25) is 10.2 Å². The molecule has 0 spiro atoms. The van der Waals surface area contributed by atoms with Gasteiger partial charge in [-0.1, -0.05) is 57.8 Å². The normalized spacial score (nSPS) is 18.2. The summed E-state index contributed by atoms with van der Waals surface area (Å²) in [7, 11) is 0. The molecule has 0 aromatic rings. The van der Waals surface area contributed by atoms with E-state index in [-0.39, 0.29) is 24.0 Å². The summed E-state index contributed by atoms with van der Waals surface area (Å²) in [5.41, 5.74) is 5.01. The van der Waals surface area contributed by atoms with Gasteiger partial charge in [-0.2, -0.15) is 0 Å². The number of rotatable bonds is 16. The molecule has 0 unspecified atom stereocenters. The van der Waals surface area contributed by atoms with Crippen LogP contribution < -0.4 is 5.73 Å². The zero-order valence-corrected chi connectivity index (χ0v) is 17.9. The van der Waals surface area contributed by atoms with Crippen molar-refractivity contribution in [2.75, 3.05) is 13.2 Å². The van der Waals surface area contributed by atoms with Gasteiger partial charge in [0.15, 0.2) is 0 Å². The Hall–Kier alpha value is -0.610. The van der Waals surface area contributed by atoms with Crippen LogP contribution in [0.25, 0.3) is 0 Å². The molecule has 0 aromatic heterocycles. The van der Waals surface area contributed by atoms with Crippen LogP contribution in [0.3, 0.4) is 0 Å². The molecule has 0 saturated heterocycles. The quantitative estimate of drug-likeness (QED) is 0.195. The van der Waals surface area contributed by atoms with Crippen LogP contribution in [0.15, 0.2) is 0 Å². The van der Waals surface area contributed by atoms with Crippen LogP contribution in [-0.4, -0.2) is 24.8 Å². The fourth-order valence-corrected chi connectivity index (χ4v) is 4.22. The summed E-state index contributed by atoms with van der Waals surface area (Å²) >= 11 is 0. The van der Waals surface area contributed by atoms with Crippen molar-refractivity contribution in [1.29, 1.82) is 5.41 Å². The van der Waals surface area contributed by atoms with Gasteiger partial charge in [0, 0.05) is 19.6 Å². The molecule has 0 amide bonds. The van der Waals surface area contributed by atoms with Crippen molar-refractivity contribution in [3.05, 3.63) is 0 Å². The second kappa shape index (κ2) is 13.5. The Kier molecular flexibility index (Phi) is 12.3. The molecular formula is C22H41ClN2O2. The molecule has 2 fully saturated rings. The van der Waals surface area contributed by atoms with Gasteiger partial charge < -0.3 is 10.5 Å². The van der Waals surface area contributed by atoms with Crippen molar-refractivity contribution >= 4 is 24.0 Å². The molecule has 0 atom stereocenters. The van der Waals surface area contributed by atoms with Crippen molar-refractivity contribution < 1.29 is 9.53 Å². The van der Waals surface area contributed by atoms with E-state index in [0.717, 1.165) is 44.8 Å². The average molecular weight is 401 g/mol. The number of nitrogens with one attached hydrogen (secondary N) is 1. The van der Waals surface area contributed by atoms with Gasteiger partial charge in [0.1, 0.15) is 11.6 Å². The fraction of sp³-hybridized carbons (Fsp3) is 0.909. The van der Waals surface area contributed by atoms with Gasteiger partial charge in [0.2, 0.25) is 0 Å². The maximum atomic E-state index is 12.1. The number of Topliss-reactive ketones (excluding diaryl/α,β-unsaturated/α-hetero) is 1. The number of carbonyl (C=O) groups excluding carboxylic acids is 1. The second-order valence-electron chi connectivity index (χ2n) is 8.58. The van der Waals surface area contributed by atoms with Crippen molar-refractivity contribution in [3.63, 3.8) is 0 Å². The van der Waals surface area contributed by atoms with E-state index in [0.29, 0.717) is 6.42 Å². The summed E-state index contributed by atoms with van der Waals surface area (Å²) in [4.78, 5) is 12.1. The first kappa shape index (κ1) is 24.4. The van der Waals surface area contributed by atoms with E-state index in [1.165, 1.54) is 70.6 Å². The molecule has 3 N–H and O–H groups in total. The molecule has 4 nitrogen and oxygen atoms in total. The third-order valence-corrected chi connectivity index (χ3v) is 6.32. The Labute approximate surface area is 172 Å². The summed E-state index contributed by atoms with van der Waals surface area (Å²) in [5.74, 6) is 1.15. The largest absolute Gasteiger partial charge is 0.387 e. The van der Waals surface area contributed by atoms with E-state index in [4.69, 9.17) is 15.9 Å². The second-order valence-corrected chi connectivity index (χ2v) is 8.58. The van der Waals surface area contributed by atoms with Crippen molar-refractivity contribution in [3.8, 4) is 0 Å². The lowest BCUT2D eigenvalue weighted by Crippen LogP contribution is -2.31. The highest BCUT2D eigenvalue weighted by atomic mass is 35.5. The molecule has 27 heavy (non-hydrogen) atoms. The van der Waals surface area contributed by atoms with E-state index >= 15 is 0 Å². The van der Waals surface area contributed by atoms with Crippen LogP contribution in [0.5, 0.6) is 0 Å². The number of carbonyl (C=O) groups is 1. The predicted octanol–water partition coefficient (Wildman–Crippen LogP) is 5.80. The van der Waals surface area contributed by atoms with E-state index in [1.54, 1.807) is 0 Å². The van der Waals surface area contributed by atoms with Gasteiger partial charge in [-0.25, -0.2) is 0 Å². The number of nitrogens with two attached hydrogens (primary N) is 1. The zero-order valence-electron chi connectivity index (χ0n) is 17.1. The van der Waals surface area contributed by atoms with E-state index < -0.39 is 5.41 Å². The molecule has 2 aliphatic carbocycles. The first-order valence-electron chi connectivity index (χ1n) is 11.1. The molecule has 5 heteroatoms. The fourth-order valence-electron chi connectivity index (χ4n) is 4.22. The van der Waals surface area contributed by atoms with Crippen molar-refractivity contribution in [2.24, 2.45) is 17.1 Å². The van der Waals surface area contributed by atoms with E-state index in [1.807, 2.05) is 0 Å². The molecular weight excluding hydrogens is 360 g/mol. The zero-order chi connectivity index (χ0) is 18.7. The maximum Gasteiger partial charge on any atom is 0.146 e. The van der Waals surface area contributed by atoms with Gasteiger partial charge in [0.05, 0.1) is 5.41 Å². The molecule has 0 aliphatic heterocycles. The monoisotopic (exact) mass is 400 g/mol. The Morgan fingerprint density at radius 1 is 0.926 bits per heavy atom. The molecule has 0 aromatic carbocycles. The Morgan fingerprint density at radius 2 is 1.44 bits per heavy atom. The number of halogens is 1. The lowest BCUT2D eigenvalue weighted by atomic mass is 9.95. The van der Waals surface area contributed by atoms with Crippen molar-refractivity contribution in [2.45, 2.75) is 103 Å². The molecule has 2 rings (SSSR count). The van der Waals surface area contributed by atoms with Crippen LogP contribution >= 0.6 is 12.4 Å². The van der Waals surface area contributed by atoms with E-state index in [9.17, 15) is 4.79 Å². The molecule has 0 heterocycles. The number of hydrogen-bond donors (Lipinski definition) is 2. The van der Waals surface area contributed by atoms with Gasteiger partial charge in [0.25, 0.3) is 0 Å². The highest BCUT2D eigenvalue weighted by Gasteiger charge is 2.51. The number of amidine groups is 1. The van der Waals surface area contributed by atoms with Crippen LogP contribution in [0.1, 0.15) is 103 Å². The molecule has 0 radical (unpaired) electrons. The van der Waals surface area contributed by atoms with E-state index in [2.05, 4.69) is 0 Å². The Morgan fingerprint density at radius 3 is 1.96 bits per heavy atom. The summed E-state index contributed by atoms with van der Waals surface area (Å²) in [6, 6.07) is 0. The van der Waals surface area contributed by atoms with Crippen LogP contribution in [0, 0.1) is 16.7 Å². The molecule has 2 saturated carbocycles. The molecule has 2 aliphatic rings. The summed E-state index contributed by atoms with van der Waals surface area (Å²) < 4.78 is 5.80. The van der Waals surface area contributed by atoms with Gasteiger partial charge in [-0.15, -0.1) is 12.4 Å². The highest BCUT2D eigenvalue weighted by Crippen LogP contribution is 2.47. The standard InChI is InChI=1S/C22H40N2O2.ClH/c23-21(24)22(15-16-22)20(25)14-8-6-4-2-1-3-5-7-11-17-26-18-19-12-9-10-13-19;/h19H,1-18H2,(H3,23,24);1H. The Bertz CT molecular complexity index is 432.